The molecule has 0 saturated carbocycles. The van der Waals surface area contributed by atoms with Gasteiger partial charge in [-0.2, -0.15) is 0 Å². The molecular weight excluding hydrogens is 326 g/mol. The molecule has 0 saturated heterocycles. The highest BCUT2D eigenvalue weighted by atomic mass is 35.5. The normalized spacial score (nSPS) is 13.1. The number of amides is 1. The van der Waals surface area contributed by atoms with Crippen molar-refractivity contribution in [1.29, 1.82) is 0 Å². The number of carbonyl (C=O) groups excluding carboxylic acids is 1. The fourth-order valence-corrected chi connectivity index (χ4v) is 2.64. The number of carboxylic acids is 1. The molecule has 2 aromatic carbocycles. The van der Waals surface area contributed by atoms with Crippen LogP contribution in [-0.4, -0.2) is 23.0 Å². The van der Waals surface area contributed by atoms with Crippen molar-refractivity contribution < 1.29 is 14.7 Å². The van der Waals surface area contributed by atoms with Gasteiger partial charge in [0.2, 0.25) is 5.91 Å². The SMILES string of the molecule is CC(C(=O)N[C@H](CC(=O)O)Cc1ccc(Cl)cc1)c1ccccc1. The summed E-state index contributed by atoms with van der Waals surface area (Å²) in [6.07, 6.45) is 0.312. The van der Waals surface area contributed by atoms with Gasteiger partial charge in [-0.15, -0.1) is 0 Å². The number of benzene rings is 2. The van der Waals surface area contributed by atoms with Gasteiger partial charge in [0.15, 0.2) is 0 Å². The summed E-state index contributed by atoms with van der Waals surface area (Å²) in [6, 6.07) is 16.1. The maximum absolute atomic E-state index is 12.5. The van der Waals surface area contributed by atoms with E-state index in [0.29, 0.717) is 11.4 Å². The smallest absolute Gasteiger partial charge is 0.305 e. The van der Waals surface area contributed by atoms with Crippen LogP contribution in [0.5, 0.6) is 0 Å². The first kappa shape index (κ1) is 18.0. The summed E-state index contributed by atoms with van der Waals surface area (Å²) >= 11 is 5.86. The average Bonchev–Trinajstić information content (AvgIpc) is 2.56. The molecule has 0 aromatic heterocycles. The molecule has 0 aliphatic heterocycles. The minimum absolute atomic E-state index is 0.129. The number of carboxylic acid groups (broad SMARTS) is 1. The molecular formula is C19H20ClNO3. The van der Waals surface area contributed by atoms with Crippen LogP contribution in [-0.2, 0) is 16.0 Å². The van der Waals surface area contributed by atoms with E-state index in [1.807, 2.05) is 49.4 Å². The maximum Gasteiger partial charge on any atom is 0.305 e. The van der Waals surface area contributed by atoms with Crippen molar-refractivity contribution in [1.82, 2.24) is 5.32 Å². The van der Waals surface area contributed by atoms with Crippen LogP contribution in [0.25, 0.3) is 0 Å². The van der Waals surface area contributed by atoms with E-state index in [0.717, 1.165) is 11.1 Å². The molecule has 126 valence electrons. The summed E-state index contributed by atoms with van der Waals surface area (Å²) in [5.74, 6) is -1.46. The van der Waals surface area contributed by atoms with E-state index < -0.39 is 12.0 Å². The Morgan fingerprint density at radius 3 is 2.29 bits per heavy atom. The first-order valence-corrected chi connectivity index (χ1v) is 8.15. The molecule has 0 bridgehead atoms. The predicted molar refractivity (Wildman–Crippen MR) is 94.2 cm³/mol. The van der Waals surface area contributed by atoms with Crippen molar-refractivity contribution in [2.75, 3.05) is 0 Å². The summed E-state index contributed by atoms with van der Waals surface area (Å²) in [6.45, 7) is 1.81. The molecule has 0 radical (unpaired) electrons. The number of aliphatic carboxylic acids is 1. The molecule has 4 nitrogen and oxygen atoms in total. The summed E-state index contributed by atoms with van der Waals surface area (Å²) in [5, 5.41) is 12.6. The number of nitrogens with one attached hydrogen (secondary N) is 1. The Hall–Kier alpha value is -2.33. The highest BCUT2D eigenvalue weighted by Crippen LogP contribution is 2.16. The molecule has 5 heteroatoms. The van der Waals surface area contributed by atoms with Crippen LogP contribution in [0.3, 0.4) is 0 Å². The lowest BCUT2D eigenvalue weighted by molar-refractivity contribution is -0.137. The van der Waals surface area contributed by atoms with E-state index in [1.54, 1.807) is 12.1 Å². The summed E-state index contributed by atoms with van der Waals surface area (Å²) in [5.41, 5.74) is 1.83. The second kappa shape index (κ2) is 8.50. The molecule has 0 aliphatic carbocycles. The van der Waals surface area contributed by atoms with Crippen molar-refractivity contribution in [2.24, 2.45) is 0 Å². The zero-order valence-electron chi connectivity index (χ0n) is 13.4. The highest BCUT2D eigenvalue weighted by Gasteiger charge is 2.21. The molecule has 2 N–H and O–H groups in total. The van der Waals surface area contributed by atoms with E-state index in [9.17, 15) is 9.59 Å². The highest BCUT2D eigenvalue weighted by molar-refractivity contribution is 6.30. The molecule has 2 rings (SSSR count). The first-order valence-electron chi connectivity index (χ1n) is 7.77. The fourth-order valence-electron chi connectivity index (χ4n) is 2.51. The topological polar surface area (TPSA) is 66.4 Å². The van der Waals surface area contributed by atoms with Crippen molar-refractivity contribution in [3.05, 3.63) is 70.7 Å². The third-order valence-corrected chi connectivity index (χ3v) is 4.11. The zero-order chi connectivity index (χ0) is 17.5. The second-order valence-corrected chi connectivity index (χ2v) is 6.20. The van der Waals surface area contributed by atoms with E-state index in [-0.39, 0.29) is 18.2 Å². The lowest BCUT2D eigenvalue weighted by Gasteiger charge is -2.20. The van der Waals surface area contributed by atoms with Gasteiger partial charge in [0, 0.05) is 11.1 Å². The minimum atomic E-state index is -0.943. The Morgan fingerprint density at radius 2 is 1.71 bits per heavy atom. The van der Waals surface area contributed by atoms with E-state index in [1.165, 1.54) is 0 Å². The molecule has 24 heavy (non-hydrogen) atoms. The number of hydrogen-bond acceptors (Lipinski definition) is 2. The van der Waals surface area contributed by atoms with Gasteiger partial charge in [-0.3, -0.25) is 9.59 Å². The van der Waals surface area contributed by atoms with E-state index in [4.69, 9.17) is 16.7 Å². The predicted octanol–water partition coefficient (Wildman–Crippen LogP) is 3.65. The van der Waals surface area contributed by atoms with Crippen LogP contribution in [0, 0.1) is 0 Å². The molecule has 0 spiro atoms. The zero-order valence-corrected chi connectivity index (χ0v) is 14.2. The van der Waals surface area contributed by atoms with E-state index in [2.05, 4.69) is 5.32 Å². The summed E-state index contributed by atoms with van der Waals surface area (Å²) in [7, 11) is 0. The van der Waals surface area contributed by atoms with Crippen molar-refractivity contribution >= 4 is 23.5 Å². The maximum atomic E-state index is 12.5. The van der Waals surface area contributed by atoms with Gasteiger partial charge in [-0.05, 0) is 36.6 Å². The van der Waals surface area contributed by atoms with Crippen molar-refractivity contribution in [2.45, 2.75) is 31.7 Å². The minimum Gasteiger partial charge on any atom is -0.481 e. The monoisotopic (exact) mass is 345 g/mol. The van der Waals surface area contributed by atoms with E-state index >= 15 is 0 Å². The Bertz CT molecular complexity index is 686. The van der Waals surface area contributed by atoms with Crippen LogP contribution in [0.15, 0.2) is 54.6 Å². The van der Waals surface area contributed by atoms with Gasteiger partial charge in [-0.1, -0.05) is 54.1 Å². The summed E-state index contributed by atoms with van der Waals surface area (Å²) < 4.78 is 0. The van der Waals surface area contributed by atoms with Gasteiger partial charge in [-0.25, -0.2) is 0 Å². The van der Waals surface area contributed by atoms with Gasteiger partial charge >= 0.3 is 5.97 Å². The molecule has 2 atom stereocenters. The van der Waals surface area contributed by atoms with Gasteiger partial charge in [0.1, 0.15) is 0 Å². The Balaban J connectivity index is 2.06. The van der Waals surface area contributed by atoms with Crippen LogP contribution in [0.4, 0.5) is 0 Å². The summed E-state index contributed by atoms with van der Waals surface area (Å²) in [4.78, 5) is 23.6. The third kappa shape index (κ3) is 5.39. The van der Waals surface area contributed by atoms with Crippen LogP contribution in [0.1, 0.15) is 30.4 Å². The standard InChI is InChI=1S/C19H20ClNO3/c1-13(15-5-3-2-4-6-15)19(24)21-17(12-18(22)23)11-14-7-9-16(20)10-8-14/h2-10,13,17H,11-12H2,1H3,(H,21,24)(H,22,23)/t13?,17-/m0/s1. The molecule has 0 aliphatic rings. The second-order valence-electron chi connectivity index (χ2n) is 5.77. The lowest BCUT2D eigenvalue weighted by atomic mass is 9.98. The van der Waals surface area contributed by atoms with Crippen LogP contribution >= 0.6 is 11.6 Å². The third-order valence-electron chi connectivity index (χ3n) is 3.86. The molecule has 1 unspecified atom stereocenters. The fraction of sp³-hybridized carbons (Fsp3) is 0.263. The first-order chi connectivity index (χ1) is 11.5. The van der Waals surface area contributed by atoms with Gasteiger partial charge in [0.25, 0.3) is 0 Å². The van der Waals surface area contributed by atoms with Crippen LogP contribution in [0.2, 0.25) is 5.02 Å². The number of hydrogen-bond donors (Lipinski definition) is 2. The molecule has 0 heterocycles. The van der Waals surface area contributed by atoms with Crippen molar-refractivity contribution in [3.8, 4) is 0 Å². The van der Waals surface area contributed by atoms with Crippen molar-refractivity contribution in [3.63, 3.8) is 0 Å². The average molecular weight is 346 g/mol. The molecule has 0 fully saturated rings. The Labute approximate surface area is 146 Å². The number of halogens is 1. The molecule has 1 amide bonds. The largest absolute Gasteiger partial charge is 0.481 e. The van der Waals surface area contributed by atoms with Crippen LogP contribution < -0.4 is 5.32 Å². The number of rotatable bonds is 7. The quantitative estimate of drug-likeness (QED) is 0.805. The Kier molecular flexibility index (Phi) is 6.38. The lowest BCUT2D eigenvalue weighted by Crippen LogP contribution is -2.40. The number of carbonyl (C=O) groups is 2. The van der Waals surface area contributed by atoms with Gasteiger partial charge in [0.05, 0.1) is 12.3 Å². The van der Waals surface area contributed by atoms with Gasteiger partial charge < -0.3 is 10.4 Å². The Morgan fingerprint density at radius 1 is 1.08 bits per heavy atom. The molecule has 2 aromatic rings.